The molecule has 1 aromatic heterocycles. The summed E-state index contributed by atoms with van der Waals surface area (Å²) >= 11 is 0. The zero-order valence-corrected chi connectivity index (χ0v) is 12.4. The molecule has 4 nitrogen and oxygen atoms in total. The number of hydrogen-bond donors (Lipinski definition) is 2. The summed E-state index contributed by atoms with van der Waals surface area (Å²) in [7, 11) is 1.98. The molecule has 3 N–H and O–H groups in total. The second kappa shape index (κ2) is 5.00. The lowest BCUT2D eigenvalue weighted by Gasteiger charge is -2.52. The van der Waals surface area contributed by atoms with Crippen molar-refractivity contribution in [3.05, 3.63) is 23.5 Å². The zero-order chi connectivity index (χ0) is 14.2. The van der Waals surface area contributed by atoms with Crippen LogP contribution in [0, 0.1) is 11.3 Å². The summed E-state index contributed by atoms with van der Waals surface area (Å²) in [6.07, 6.45) is 3.80. The number of nitrogens with two attached hydrogens (primary N) is 1. The first-order chi connectivity index (χ1) is 8.91. The Balaban J connectivity index is 2.07. The Morgan fingerprint density at radius 1 is 1.58 bits per heavy atom. The average molecular weight is 263 g/mol. The quantitative estimate of drug-likeness (QED) is 0.868. The SMILES string of the molecule is CCc1c(C(=O)NC2CC(CN)C2(C)C)ccn1C. The fourth-order valence-electron chi connectivity index (χ4n) is 3.11. The normalized spacial score (nSPS) is 24.9. The van der Waals surface area contributed by atoms with Gasteiger partial charge in [0.15, 0.2) is 0 Å². The minimum absolute atomic E-state index is 0.0472. The van der Waals surface area contributed by atoms with Crippen LogP contribution < -0.4 is 11.1 Å². The van der Waals surface area contributed by atoms with Gasteiger partial charge in [0.25, 0.3) is 5.91 Å². The van der Waals surface area contributed by atoms with Crippen molar-refractivity contribution in [1.82, 2.24) is 9.88 Å². The summed E-state index contributed by atoms with van der Waals surface area (Å²) < 4.78 is 2.02. The van der Waals surface area contributed by atoms with Crippen LogP contribution in [-0.2, 0) is 13.5 Å². The van der Waals surface area contributed by atoms with Crippen LogP contribution in [0.2, 0.25) is 0 Å². The monoisotopic (exact) mass is 263 g/mol. The van der Waals surface area contributed by atoms with Gasteiger partial charge in [0.05, 0.1) is 5.56 Å². The summed E-state index contributed by atoms with van der Waals surface area (Å²) in [5.41, 5.74) is 7.74. The molecule has 0 spiro atoms. The minimum Gasteiger partial charge on any atom is -0.354 e. The molecule has 1 fully saturated rings. The molecule has 1 aromatic rings. The van der Waals surface area contributed by atoms with Crippen LogP contribution in [0.4, 0.5) is 0 Å². The van der Waals surface area contributed by atoms with Crippen LogP contribution in [-0.4, -0.2) is 23.1 Å². The van der Waals surface area contributed by atoms with Gasteiger partial charge in [-0.15, -0.1) is 0 Å². The number of amides is 1. The Kier molecular flexibility index (Phi) is 3.72. The zero-order valence-electron chi connectivity index (χ0n) is 12.4. The molecule has 2 rings (SSSR count). The first kappa shape index (κ1) is 14.1. The van der Waals surface area contributed by atoms with Gasteiger partial charge in [-0.25, -0.2) is 0 Å². The Bertz CT molecular complexity index is 476. The molecule has 1 aliphatic rings. The first-order valence-electron chi connectivity index (χ1n) is 7.06. The van der Waals surface area contributed by atoms with Crippen LogP contribution in [0.15, 0.2) is 12.3 Å². The van der Waals surface area contributed by atoms with Crippen LogP contribution in [0.1, 0.15) is 43.2 Å². The topological polar surface area (TPSA) is 60.1 Å². The van der Waals surface area contributed by atoms with Crippen LogP contribution in [0.5, 0.6) is 0 Å². The summed E-state index contributed by atoms with van der Waals surface area (Å²) in [6.45, 7) is 7.14. The Morgan fingerprint density at radius 2 is 2.26 bits per heavy atom. The van der Waals surface area contributed by atoms with E-state index in [-0.39, 0.29) is 17.4 Å². The highest BCUT2D eigenvalue weighted by Crippen LogP contribution is 2.45. The summed E-state index contributed by atoms with van der Waals surface area (Å²) in [5.74, 6) is 0.560. The number of aryl methyl sites for hydroxylation is 1. The van der Waals surface area contributed by atoms with E-state index in [4.69, 9.17) is 5.73 Å². The van der Waals surface area contributed by atoms with Crippen molar-refractivity contribution in [3.8, 4) is 0 Å². The third-order valence-electron chi connectivity index (χ3n) is 4.84. The van der Waals surface area contributed by atoms with Gasteiger partial charge < -0.3 is 15.6 Å². The molecule has 106 valence electrons. The third-order valence-corrected chi connectivity index (χ3v) is 4.84. The fraction of sp³-hybridized carbons (Fsp3) is 0.667. The standard InChI is InChI=1S/C15H25N3O/c1-5-12-11(6-7-18(12)4)14(19)17-13-8-10(9-16)15(13,2)3/h6-7,10,13H,5,8-9,16H2,1-4H3,(H,17,19). The highest BCUT2D eigenvalue weighted by Gasteiger charge is 2.47. The molecule has 0 aliphatic heterocycles. The van der Waals surface area contributed by atoms with E-state index >= 15 is 0 Å². The van der Waals surface area contributed by atoms with Crippen molar-refractivity contribution in [2.24, 2.45) is 24.1 Å². The maximum Gasteiger partial charge on any atom is 0.253 e. The average Bonchev–Trinajstić information content (AvgIpc) is 2.74. The van der Waals surface area contributed by atoms with Gasteiger partial charge >= 0.3 is 0 Å². The van der Waals surface area contributed by atoms with Crippen molar-refractivity contribution >= 4 is 5.91 Å². The van der Waals surface area contributed by atoms with E-state index in [1.54, 1.807) is 0 Å². The van der Waals surface area contributed by atoms with Crippen LogP contribution in [0.3, 0.4) is 0 Å². The van der Waals surface area contributed by atoms with Gasteiger partial charge in [-0.3, -0.25) is 4.79 Å². The van der Waals surface area contributed by atoms with Crippen molar-refractivity contribution < 1.29 is 4.79 Å². The van der Waals surface area contributed by atoms with Crippen molar-refractivity contribution in [3.63, 3.8) is 0 Å². The van der Waals surface area contributed by atoms with Gasteiger partial charge in [0, 0.05) is 25.0 Å². The lowest BCUT2D eigenvalue weighted by Crippen LogP contribution is -2.60. The molecule has 0 bridgehead atoms. The molecule has 1 saturated carbocycles. The van der Waals surface area contributed by atoms with Crippen molar-refractivity contribution in [2.75, 3.05) is 6.54 Å². The summed E-state index contributed by atoms with van der Waals surface area (Å²) in [5, 5.41) is 3.17. The Labute approximate surface area is 115 Å². The molecule has 19 heavy (non-hydrogen) atoms. The predicted octanol–water partition coefficient (Wildman–Crippen LogP) is 1.69. The highest BCUT2D eigenvalue weighted by atomic mass is 16.1. The third kappa shape index (κ3) is 2.29. The molecule has 4 heteroatoms. The molecule has 0 saturated heterocycles. The number of aromatic nitrogens is 1. The van der Waals surface area contributed by atoms with Gasteiger partial charge in [0.2, 0.25) is 0 Å². The molecular formula is C15H25N3O. The molecule has 1 heterocycles. The van der Waals surface area contributed by atoms with E-state index in [2.05, 4.69) is 26.1 Å². The Morgan fingerprint density at radius 3 is 2.79 bits per heavy atom. The number of rotatable bonds is 4. The van der Waals surface area contributed by atoms with Crippen molar-refractivity contribution in [2.45, 2.75) is 39.7 Å². The second-order valence-corrected chi connectivity index (χ2v) is 6.16. The van der Waals surface area contributed by atoms with Crippen LogP contribution in [0.25, 0.3) is 0 Å². The molecule has 1 amide bonds. The Hall–Kier alpha value is -1.29. The molecule has 0 radical (unpaired) electrons. The van der Waals surface area contributed by atoms with E-state index < -0.39 is 0 Å². The number of nitrogens with one attached hydrogen (secondary N) is 1. The highest BCUT2D eigenvalue weighted by molar-refractivity contribution is 5.95. The molecule has 2 atom stereocenters. The lowest BCUT2D eigenvalue weighted by molar-refractivity contribution is 0.0200. The number of nitrogens with zero attached hydrogens (tertiary/aromatic N) is 1. The second-order valence-electron chi connectivity index (χ2n) is 6.16. The van der Waals surface area contributed by atoms with Gasteiger partial charge in [-0.05, 0) is 36.8 Å². The van der Waals surface area contributed by atoms with E-state index in [1.165, 1.54) is 0 Å². The van der Waals surface area contributed by atoms with Gasteiger partial charge in [0.1, 0.15) is 0 Å². The summed E-state index contributed by atoms with van der Waals surface area (Å²) in [6, 6.07) is 2.14. The maximum absolute atomic E-state index is 12.4. The molecular weight excluding hydrogens is 238 g/mol. The van der Waals surface area contributed by atoms with Gasteiger partial charge in [-0.2, -0.15) is 0 Å². The number of carbonyl (C=O) groups excluding carboxylic acids is 1. The van der Waals surface area contributed by atoms with Gasteiger partial charge in [-0.1, -0.05) is 20.8 Å². The smallest absolute Gasteiger partial charge is 0.253 e. The molecule has 1 aliphatic carbocycles. The van der Waals surface area contributed by atoms with E-state index in [9.17, 15) is 4.79 Å². The lowest BCUT2D eigenvalue weighted by atomic mass is 9.58. The largest absolute Gasteiger partial charge is 0.354 e. The fourth-order valence-corrected chi connectivity index (χ4v) is 3.11. The number of carbonyl (C=O) groups is 1. The molecule has 0 aromatic carbocycles. The minimum atomic E-state index is 0.0472. The van der Waals surface area contributed by atoms with E-state index in [0.29, 0.717) is 12.5 Å². The van der Waals surface area contributed by atoms with Crippen LogP contribution >= 0.6 is 0 Å². The van der Waals surface area contributed by atoms with Crippen molar-refractivity contribution in [1.29, 1.82) is 0 Å². The molecule has 2 unspecified atom stereocenters. The summed E-state index contributed by atoms with van der Waals surface area (Å²) in [4.78, 5) is 12.4. The van der Waals surface area contributed by atoms with E-state index in [0.717, 1.165) is 24.1 Å². The van der Waals surface area contributed by atoms with E-state index in [1.807, 2.05) is 23.9 Å². The predicted molar refractivity (Wildman–Crippen MR) is 77.0 cm³/mol. The first-order valence-corrected chi connectivity index (χ1v) is 7.06. The maximum atomic E-state index is 12.4. The number of hydrogen-bond acceptors (Lipinski definition) is 2.